The van der Waals surface area contributed by atoms with Crippen LogP contribution in [0.2, 0.25) is 0 Å². The summed E-state index contributed by atoms with van der Waals surface area (Å²) in [6.45, 7) is 0.870. The summed E-state index contributed by atoms with van der Waals surface area (Å²) in [5, 5.41) is 10.3. The second-order valence-corrected chi connectivity index (χ2v) is 5.08. The zero-order chi connectivity index (χ0) is 15.2. The first-order valence-corrected chi connectivity index (χ1v) is 6.84. The lowest BCUT2D eigenvalue weighted by atomic mass is 10.1. The summed E-state index contributed by atoms with van der Waals surface area (Å²) in [5.74, 6) is 0.489. The minimum Gasteiger partial charge on any atom is -0.497 e. The standard InChI is InChI=1S/C17H20FNO2/c1-19(11-14-6-3-4-9-16(14)18)12-17(20)13-7-5-8-15(10-13)21-2/h3-10,17,20H,11-12H2,1-2H3. The Labute approximate surface area is 124 Å². The van der Waals surface area contributed by atoms with Crippen LogP contribution in [0.15, 0.2) is 48.5 Å². The van der Waals surface area contributed by atoms with E-state index in [4.69, 9.17) is 4.74 Å². The molecule has 0 saturated carbocycles. The Morgan fingerprint density at radius 2 is 1.95 bits per heavy atom. The summed E-state index contributed by atoms with van der Waals surface area (Å²) < 4.78 is 18.8. The number of halogens is 1. The fourth-order valence-electron chi connectivity index (χ4n) is 2.23. The van der Waals surface area contributed by atoms with Gasteiger partial charge in [0.2, 0.25) is 0 Å². The van der Waals surface area contributed by atoms with E-state index in [-0.39, 0.29) is 5.82 Å². The molecule has 3 nitrogen and oxygen atoms in total. The van der Waals surface area contributed by atoms with E-state index in [2.05, 4.69) is 0 Å². The van der Waals surface area contributed by atoms with Crippen LogP contribution in [-0.4, -0.2) is 30.7 Å². The van der Waals surface area contributed by atoms with E-state index in [1.165, 1.54) is 6.07 Å². The highest BCUT2D eigenvalue weighted by atomic mass is 19.1. The molecule has 0 bridgehead atoms. The van der Waals surface area contributed by atoms with Crippen LogP contribution in [-0.2, 0) is 6.54 Å². The third-order valence-electron chi connectivity index (χ3n) is 3.36. The van der Waals surface area contributed by atoms with E-state index in [1.807, 2.05) is 42.3 Å². The number of rotatable bonds is 6. The highest BCUT2D eigenvalue weighted by Crippen LogP contribution is 2.20. The normalized spacial score (nSPS) is 12.4. The zero-order valence-corrected chi connectivity index (χ0v) is 12.3. The Morgan fingerprint density at radius 3 is 2.67 bits per heavy atom. The van der Waals surface area contributed by atoms with Crippen molar-refractivity contribution in [2.75, 3.05) is 20.7 Å². The lowest BCUT2D eigenvalue weighted by molar-refractivity contribution is 0.123. The van der Waals surface area contributed by atoms with Gasteiger partial charge in [-0.1, -0.05) is 30.3 Å². The first kappa shape index (κ1) is 15.5. The van der Waals surface area contributed by atoms with Crippen LogP contribution in [0.4, 0.5) is 4.39 Å². The Morgan fingerprint density at radius 1 is 1.19 bits per heavy atom. The Kier molecular flexibility index (Phi) is 5.31. The van der Waals surface area contributed by atoms with Crippen molar-refractivity contribution in [3.63, 3.8) is 0 Å². The van der Waals surface area contributed by atoms with Gasteiger partial charge in [0, 0.05) is 18.7 Å². The summed E-state index contributed by atoms with van der Waals surface area (Å²) in [6, 6.07) is 14.0. The maximum Gasteiger partial charge on any atom is 0.127 e. The lowest BCUT2D eigenvalue weighted by Crippen LogP contribution is -2.24. The maximum absolute atomic E-state index is 13.6. The van der Waals surface area contributed by atoms with Gasteiger partial charge in [0.1, 0.15) is 11.6 Å². The molecule has 0 aliphatic heterocycles. The molecule has 2 aromatic rings. The molecule has 4 heteroatoms. The Balaban J connectivity index is 1.98. The van der Waals surface area contributed by atoms with Gasteiger partial charge >= 0.3 is 0 Å². The van der Waals surface area contributed by atoms with Gasteiger partial charge in [0.25, 0.3) is 0 Å². The van der Waals surface area contributed by atoms with E-state index in [0.717, 1.165) is 5.56 Å². The first-order valence-electron chi connectivity index (χ1n) is 6.84. The van der Waals surface area contributed by atoms with Crippen molar-refractivity contribution < 1.29 is 14.2 Å². The number of nitrogens with zero attached hydrogens (tertiary/aromatic N) is 1. The van der Waals surface area contributed by atoms with Crippen molar-refractivity contribution in [1.29, 1.82) is 0 Å². The maximum atomic E-state index is 13.6. The molecule has 21 heavy (non-hydrogen) atoms. The number of methoxy groups -OCH3 is 1. The quantitative estimate of drug-likeness (QED) is 0.887. The molecule has 0 aromatic heterocycles. The van der Waals surface area contributed by atoms with E-state index >= 15 is 0 Å². The van der Waals surface area contributed by atoms with Gasteiger partial charge in [-0.15, -0.1) is 0 Å². The molecule has 0 spiro atoms. The highest BCUT2D eigenvalue weighted by molar-refractivity contribution is 5.30. The van der Waals surface area contributed by atoms with Crippen molar-refractivity contribution >= 4 is 0 Å². The Bertz CT molecular complexity index is 589. The fourth-order valence-corrected chi connectivity index (χ4v) is 2.23. The van der Waals surface area contributed by atoms with Gasteiger partial charge in [-0.2, -0.15) is 0 Å². The van der Waals surface area contributed by atoms with Gasteiger partial charge in [-0.05, 0) is 30.8 Å². The van der Waals surface area contributed by atoms with Gasteiger partial charge in [-0.25, -0.2) is 4.39 Å². The summed E-state index contributed by atoms with van der Waals surface area (Å²) in [6.07, 6.45) is -0.642. The molecule has 0 heterocycles. The van der Waals surface area contributed by atoms with Crippen LogP contribution in [0.25, 0.3) is 0 Å². The van der Waals surface area contributed by atoms with Crippen molar-refractivity contribution in [1.82, 2.24) is 4.90 Å². The molecular formula is C17H20FNO2. The summed E-state index contributed by atoms with van der Waals surface area (Å²) in [5.41, 5.74) is 1.41. The van der Waals surface area contributed by atoms with Gasteiger partial charge in [0.15, 0.2) is 0 Å². The van der Waals surface area contributed by atoms with Crippen LogP contribution >= 0.6 is 0 Å². The SMILES string of the molecule is COc1cccc(C(O)CN(C)Cc2ccccc2F)c1. The molecule has 2 aromatic carbocycles. The largest absolute Gasteiger partial charge is 0.497 e. The van der Waals surface area contributed by atoms with Crippen LogP contribution < -0.4 is 4.74 Å². The second-order valence-electron chi connectivity index (χ2n) is 5.08. The summed E-state index contributed by atoms with van der Waals surface area (Å²) in [4.78, 5) is 1.89. The summed E-state index contributed by atoms with van der Waals surface area (Å²) >= 11 is 0. The molecule has 112 valence electrons. The average Bonchev–Trinajstić information content (AvgIpc) is 2.49. The van der Waals surface area contributed by atoms with E-state index in [0.29, 0.717) is 24.4 Å². The van der Waals surface area contributed by atoms with Crippen LogP contribution in [0.3, 0.4) is 0 Å². The fraction of sp³-hybridized carbons (Fsp3) is 0.294. The third-order valence-corrected chi connectivity index (χ3v) is 3.36. The molecule has 1 unspecified atom stereocenters. The van der Waals surface area contributed by atoms with Crippen molar-refractivity contribution in [3.05, 3.63) is 65.5 Å². The summed E-state index contributed by atoms with van der Waals surface area (Å²) in [7, 11) is 3.45. The van der Waals surface area contributed by atoms with E-state index in [9.17, 15) is 9.50 Å². The molecule has 0 aliphatic rings. The van der Waals surface area contributed by atoms with Crippen LogP contribution in [0.1, 0.15) is 17.2 Å². The van der Waals surface area contributed by atoms with Gasteiger partial charge in [0.05, 0.1) is 13.2 Å². The second kappa shape index (κ2) is 7.20. The molecule has 0 aliphatic carbocycles. The molecule has 2 rings (SSSR count). The van der Waals surface area contributed by atoms with Gasteiger partial charge in [-0.3, -0.25) is 4.90 Å². The molecule has 0 radical (unpaired) electrons. The molecule has 0 saturated heterocycles. The number of aliphatic hydroxyl groups is 1. The highest BCUT2D eigenvalue weighted by Gasteiger charge is 2.13. The molecule has 1 N–H and O–H groups in total. The predicted molar refractivity (Wildman–Crippen MR) is 80.7 cm³/mol. The smallest absolute Gasteiger partial charge is 0.127 e. The Hall–Kier alpha value is -1.91. The number of hydrogen-bond acceptors (Lipinski definition) is 3. The number of ether oxygens (including phenoxy) is 1. The molecular weight excluding hydrogens is 269 g/mol. The first-order chi connectivity index (χ1) is 10.1. The minimum absolute atomic E-state index is 0.222. The van der Waals surface area contributed by atoms with Crippen molar-refractivity contribution in [2.24, 2.45) is 0 Å². The van der Waals surface area contributed by atoms with Gasteiger partial charge < -0.3 is 9.84 Å². The number of hydrogen-bond donors (Lipinski definition) is 1. The molecule has 1 atom stereocenters. The predicted octanol–water partition coefficient (Wildman–Crippen LogP) is 3.00. The molecule has 0 fully saturated rings. The lowest BCUT2D eigenvalue weighted by Gasteiger charge is -2.21. The van der Waals surface area contributed by atoms with E-state index in [1.54, 1.807) is 19.2 Å². The number of aliphatic hydroxyl groups excluding tert-OH is 1. The zero-order valence-electron chi connectivity index (χ0n) is 12.3. The van der Waals surface area contributed by atoms with Crippen LogP contribution in [0.5, 0.6) is 5.75 Å². The van der Waals surface area contributed by atoms with Crippen LogP contribution in [0, 0.1) is 5.82 Å². The number of likely N-dealkylation sites (N-methyl/N-ethyl adjacent to an activating group) is 1. The minimum atomic E-state index is -0.642. The average molecular weight is 289 g/mol. The third kappa shape index (κ3) is 4.28. The van der Waals surface area contributed by atoms with E-state index < -0.39 is 6.10 Å². The monoisotopic (exact) mass is 289 g/mol. The van der Waals surface area contributed by atoms with Crippen molar-refractivity contribution in [2.45, 2.75) is 12.6 Å². The molecule has 0 amide bonds. The topological polar surface area (TPSA) is 32.7 Å². The van der Waals surface area contributed by atoms with Crippen molar-refractivity contribution in [3.8, 4) is 5.75 Å². The number of benzene rings is 2.